The number of benzene rings is 1. The van der Waals surface area contributed by atoms with E-state index in [2.05, 4.69) is 22.5 Å². The van der Waals surface area contributed by atoms with E-state index in [1.165, 1.54) is 7.11 Å². The number of halogens is 1. The van der Waals surface area contributed by atoms with E-state index < -0.39 is 5.97 Å². The maximum atomic E-state index is 12.6. The van der Waals surface area contributed by atoms with Gasteiger partial charge in [-0.05, 0) is 6.07 Å². The van der Waals surface area contributed by atoms with Crippen LogP contribution in [-0.2, 0) is 14.3 Å². The third-order valence-electron chi connectivity index (χ3n) is 3.10. The van der Waals surface area contributed by atoms with Gasteiger partial charge in [0.25, 0.3) is 5.91 Å². The molecule has 1 aromatic carbocycles. The van der Waals surface area contributed by atoms with Gasteiger partial charge in [0, 0.05) is 17.4 Å². The van der Waals surface area contributed by atoms with E-state index in [1.807, 2.05) is 24.3 Å². The van der Waals surface area contributed by atoms with E-state index in [9.17, 15) is 9.59 Å². The molecule has 1 aliphatic rings. The molecular formula is C15H14BrNO3. The number of carbonyl (C=O) groups is 2. The number of carbonyl (C=O) groups excluding carboxylic acids is 2. The number of rotatable bonds is 4. The molecule has 20 heavy (non-hydrogen) atoms. The summed E-state index contributed by atoms with van der Waals surface area (Å²) in [5, 5.41) is 0.261. The third-order valence-corrected chi connectivity index (χ3v) is 3.66. The molecule has 0 bridgehead atoms. The van der Waals surface area contributed by atoms with Gasteiger partial charge in [-0.25, -0.2) is 4.79 Å². The van der Waals surface area contributed by atoms with Crippen molar-refractivity contribution >= 4 is 39.1 Å². The van der Waals surface area contributed by atoms with Crippen molar-refractivity contribution in [2.45, 2.75) is 0 Å². The van der Waals surface area contributed by atoms with E-state index >= 15 is 0 Å². The van der Waals surface area contributed by atoms with Crippen LogP contribution in [0.2, 0.25) is 0 Å². The summed E-state index contributed by atoms with van der Waals surface area (Å²) in [4.78, 5) is 26.0. The number of fused-ring (bicyclic) bond motifs is 1. The molecule has 1 aliphatic heterocycles. The Morgan fingerprint density at radius 1 is 1.45 bits per heavy atom. The highest BCUT2D eigenvalue weighted by Gasteiger charge is 2.35. The van der Waals surface area contributed by atoms with E-state index in [-0.39, 0.29) is 11.2 Å². The SMILES string of the molecule is C=CCN1C(=O)/C(=C(/CBr)C(=O)OC)c2ccccc21. The standard InChI is InChI=1S/C15H14BrNO3/c1-3-8-17-12-7-5-4-6-10(12)13(14(17)18)11(9-16)15(19)20-2/h3-7H,1,8-9H2,2H3/b13-11-. The van der Waals surface area contributed by atoms with Crippen LogP contribution >= 0.6 is 15.9 Å². The Hall–Kier alpha value is -1.88. The fourth-order valence-corrected chi connectivity index (χ4v) is 2.74. The van der Waals surface area contributed by atoms with Gasteiger partial charge in [0.05, 0.1) is 23.9 Å². The molecular weight excluding hydrogens is 322 g/mol. The fraction of sp³-hybridized carbons (Fsp3) is 0.200. The van der Waals surface area contributed by atoms with Crippen molar-refractivity contribution in [2.24, 2.45) is 0 Å². The maximum absolute atomic E-state index is 12.6. The zero-order valence-corrected chi connectivity index (χ0v) is 12.6. The number of alkyl halides is 1. The summed E-state index contributed by atoms with van der Waals surface area (Å²) in [6.45, 7) is 4.06. The molecule has 0 radical (unpaired) electrons. The largest absolute Gasteiger partial charge is 0.466 e. The van der Waals surface area contributed by atoms with Crippen LogP contribution in [0.25, 0.3) is 5.57 Å². The number of para-hydroxylation sites is 1. The Kier molecular flexibility index (Phi) is 4.39. The normalized spacial score (nSPS) is 15.9. The summed E-state index contributed by atoms with van der Waals surface area (Å²) in [6, 6.07) is 7.38. The predicted molar refractivity (Wildman–Crippen MR) is 81.7 cm³/mol. The Morgan fingerprint density at radius 3 is 2.75 bits per heavy atom. The summed E-state index contributed by atoms with van der Waals surface area (Å²) >= 11 is 3.26. The highest BCUT2D eigenvalue weighted by atomic mass is 79.9. The first-order valence-corrected chi connectivity index (χ1v) is 7.17. The first kappa shape index (κ1) is 14.5. The zero-order chi connectivity index (χ0) is 14.7. The summed E-state index contributed by atoms with van der Waals surface area (Å²) in [6.07, 6.45) is 1.66. The number of amides is 1. The van der Waals surface area contributed by atoms with Crippen LogP contribution in [0.3, 0.4) is 0 Å². The van der Waals surface area contributed by atoms with Gasteiger partial charge in [0.1, 0.15) is 0 Å². The molecule has 0 saturated carbocycles. The average Bonchev–Trinajstić information content (AvgIpc) is 2.74. The number of anilines is 1. The van der Waals surface area contributed by atoms with Crippen LogP contribution in [0, 0.1) is 0 Å². The predicted octanol–water partition coefficient (Wildman–Crippen LogP) is 2.54. The van der Waals surface area contributed by atoms with Gasteiger partial charge in [-0.1, -0.05) is 40.2 Å². The van der Waals surface area contributed by atoms with Crippen LogP contribution in [-0.4, -0.2) is 30.9 Å². The molecule has 0 saturated heterocycles. The highest BCUT2D eigenvalue weighted by Crippen LogP contribution is 2.38. The second-order valence-corrected chi connectivity index (χ2v) is 4.76. The Balaban J connectivity index is 2.66. The van der Waals surface area contributed by atoms with Crippen molar-refractivity contribution in [1.82, 2.24) is 0 Å². The van der Waals surface area contributed by atoms with Gasteiger partial charge in [-0.2, -0.15) is 0 Å². The van der Waals surface area contributed by atoms with Crippen molar-refractivity contribution in [3.63, 3.8) is 0 Å². The lowest BCUT2D eigenvalue weighted by Crippen LogP contribution is -2.27. The Labute approximate surface area is 125 Å². The minimum Gasteiger partial charge on any atom is -0.466 e. The van der Waals surface area contributed by atoms with Crippen molar-refractivity contribution in [2.75, 3.05) is 23.9 Å². The van der Waals surface area contributed by atoms with Crippen LogP contribution in [0.1, 0.15) is 5.56 Å². The molecule has 4 nitrogen and oxygen atoms in total. The lowest BCUT2D eigenvalue weighted by molar-refractivity contribution is -0.136. The van der Waals surface area contributed by atoms with Crippen molar-refractivity contribution in [1.29, 1.82) is 0 Å². The van der Waals surface area contributed by atoms with Crippen LogP contribution in [0.15, 0.2) is 42.5 Å². The van der Waals surface area contributed by atoms with Crippen LogP contribution in [0.4, 0.5) is 5.69 Å². The second-order valence-electron chi connectivity index (χ2n) is 4.20. The van der Waals surface area contributed by atoms with Crippen molar-refractivity contribution in [3.8, 4) is 0 Å². The number of hydrogen-bond donors (Lipinski definition) is 0. The molecule has 0 fully saturated rings. The van der Waals surface area contributed by atoms with Crippen molar-refractivity contribution < 1.29 is 14.3 Å². The molecule has 0 unspecified atom stereocenters. The molecule has 1 heterocycles. The summed E-state index contributed by atoms with van der Waals surface area (Å²) in [7, 11) is 1.30. The molecule has 1 aromatic rings. The highest BCUT2D eigenvalue weighted by molar-refractivity contribution is 9.09. The first-order chi connectivity index (χ1) is 9.65. The smallest absolute Gasteiger partial charge is 0.335 e. The summed E-state index contributed by atoms with van der Waals surface area (Å²) < 4.78 is 4.76. The lowest BCUT2D eigenvalue weighted by atomic mass is 10.0. The van der Waals surface area contributed by atoms with E-state index in [4.69, 9.17) is 4.74 Å². The molecule has 104 valence electrons. The van der Waals surface area contributed by atoms with Crippen molar-refractivity contribution in [3.05, 3.63) is 48.1 Å². The monoisotopic (exact) mass is 335 g/mol. The topological polar surface area (TPSA) is 46.6 Å². The quantitative estimate of drug-likeness (QED) is 0.367. The average molecular weight is 336 g/mol. The van der Waals surface area contributed by atoms with Gasteiger partial charge in [-0.15, -0.1) is 6.58 Å². The molecule has 0 atom stereocenters. The van der Waals surface area contributed by atoms with E-state index in [1.54, 1.807) is 11.0 Å². The van der Waals surface area contributed by atoms with Gasteiger partial charge in [0.15, 0.2) is 0 Å². The summed E-state index contributed by atoms with van der Waals surface area (Å²) in [5.41, 5.74) is 2.26. The van der Waals surface area contributed by atoms with Gasteiger partial charge >= 0.3 is 5.97 Å². The molecule has 0 spiro atoms. The number of nitrogens with zero attached hydrogens (tertiary/aromatic N) is 1. The van der Waals surface area contributed by atoms with Gasteiger partial charge in [0.2, 0.25) is 0 Å². The fourth-order valence-electron chi connectivity index (χ4n) is 2.23. The minimum absolute atomic E-state index is 0.203. The number of hydrogen-bond acceptors (Lipinski definition) is 3. The first-order valence-electron chi connectivity index (χ1n) is 6.05. The molecule has 2 rings (SSSR count). The van der Waals surface area contributed by atoms with Gasteiger partial charge < -0.3 is 9.64 Å². The third kappa shape index (κ3) is 2.29. The zero-order valence-electron chi connectivity index (χ0n) is 11.1. The molecule has 1 amide bonds. The molecule has 0 N–H and O–H groups in total. The number of esters is 1. The Morgan fingerprint density at radius 2 is 2.15 bits per heavy atom. The van der Waals surface area contributed by atoms with Crippen LogP contribution in [0.5, 0.6) is 0 Å². The number of ether oxygens (including phenoxy) is 1. The van der Waals surface area contributed by atoms with E-state index in [0.29, 0.717) is 17.7 Å². The second kappa shape index (κ2) is 6.05. The maximum Gasteiger partial charge on any atom is 0.335 e. The number of methoxy groups -OCH3 is 1. The lowest BCUT2D eigenvalue weighted by Gasteiger charge is -2.14. The summed E-state index contributed by atoms with van der Waals surface area (Å²) in [5.74, 6) is -0.702. The van der Waals surface area contributed by atoms with Gasteiger partial charge in [-0.3, -0.25) is 4.79 Å². The minimum atomic E-state index is -0.500. The molecule has 0 aromatic heterocycles. The Bertz CT molecular complexity index is 607. The molecule has 0 aliphatic carbocycles. The molecule has 5 heteroatoms. The van der Waals surface area contributed by atoms with E-state index in [0.717, 1.165) is 11.3 Å². The van der Waals surface area contributed by atoms with Crippen LogP contribution < -0.4 is 4.90 Å².